The Morgan fingerprint density at radius 3 is 2.27 bits per heavy atom. The third kappa shape index (κ3) is 10.9. The van der Waals surface area contributed by atoms with Gasteiger partial charge in [-0.25, -0.2) is 4.79 Å². The van der Waals surface area contributed by atoms with Crippen molar-refractivity contribution in [1.82, 2.24) is 30.3 Å². The van der Waals surface area contributed by atoms with E-state index < -0.39 is 5.60 Å². The third-order valence-electron chi connectivity index (χ3n) is 12.0. The zero-order valence-electron chi connectivity index (χ0n) is 38.8. The molecule has 2 aromatic carbocycles. The van der Waals surface area contributed by atoms with Crippen molar-refractivity contribution in [2.24, 2.45) is 17.8 Å². The van der Waals surface area contributed by atoms with Crippen LogP contribution in [0.5, 0.6) is 5.75 Å². The lowest BCUT2D eigenvalue weighted by atomic mass is 9.76. The van der Waals surface area contributed by atoms with Gasteiger partial charge >= 0.3 is 6.09 Å². The molecule has 9 nitrogen and oxygen atoms in total. The Balaban J connectivity index is 0.00000127. The van der Waals surface area contributed by atoms with Gasteiger partial charge in [-0.05, 0) is 101 Å². The van der Waals surface area contributed by atoms with Crippen molar-refractivity contribution < 1.29 is 14.3 Å². The van der Waals surface area contributed by atoms with Crippen molar-refractivity contribution in [1.29, 1.82) is 0 Å². The lowest BCUT2D eigenvalue weighted by Crippen LogP contribution is -2.51. The van der Waals surface area contributed by atoms with E-state index in [0.29, 0.717) is 23.9 Å². The molecule has 1 aliphatic carbocycles. The topological polar surface area (TPSA) is 83.0 Å². The molecule has 7 atom stereocenters. The molecule has 0 radical (unpaired) electrons. The number of rotatable bonds is 11. The highest BCUT2D eigenvalue weighted by Crippen LogP contribution is 2.44. The van der Waals surface area contributed by atoms with Crippen molar-refractivity contribution in [2.45, 2.75) is 173 Å². The number of nitrogens with zero attached hydrogens (tertiary/aromatic N) is 3. The summed E-state index contributed by atoms with van der Waals surface area (Å²) in [4.78, 5) is 16.9. The van der Waals surface area contributed by atoms with Gasteiger partial charge in [0.05, 0.1) is 28.8 Å². The van der Waals surface area contributed by atoms with Gasteiger partial charge in [-0.1, -0.05) is 101 Å². The first-order chi connectivity index (χ1) is 27.8. The zero-order chi connectivity index (χ0) is 42.9. The average Bonchev–Trinajstić information content (AvgIpc) is 3.95. The summed E-state index contributed by atoms with van der Waals surface area (Å²) in [6, 6.07) is 15.9. The molecule has 0 bridgehead atoms. The van der Waals surface area contributed by atoms with E-state index in [2.05, 4.69) is 115 Å². The standard InChI is InChI=1S/C43H60N6O3.3C2H6.CH4/c1-10-12-13-32(26(3)11-2)41-46-35(25-47(41)8)28-15-19-37-31(20-28)21-38-33-17-14-29(22-39(33)51-27(4)49(37)38)34-24-44-40(45-34)23-30-16-18-36(30)48(9)42(50)52-43(5,6)7;3*1-2;/h14-15,17,19-22,24-27,30,32,36,40-41,44-46H,10-13,16,18,23H2,1-9H3;3*1-2H3;1H4. The molecule has 330 valence electrons. The second kappa shape index (κ2) is 21.8. The van der Waals surface area contributed by atoms with Crippen molar-refractivity contribution in [2.75, 3.05) is 14.1 Å². The lowest BCUT2D eigenvalue weighted by molar-refractivity contribution is -0.000724. The van der Waals surface area contributed by atoms with Crippen LogP contribution in [0.15, 0.2) is 54.9 Å². The van der Waals surface area contributed by atoms with Gasteiger partial charge in [-0.15, -0.1) is 0 Å². The van der Waals surface area contributed by atoms with E-state index >= 15 is 0 Å². The normalized spacial score (nSPS) is 22.0. The molecule has 3 aliphatic heterocycles. The minimum Gasteiger partial charge on any atom is -0.470 e. The smallest absolute Gasteiger partial charge is 0.410 e. The van der Waals surface area contributed by atoms with Crippen molar-refractivity contribution in [3.05, 3.63) is 66.0 Å². The monoisotopic (exact) mass is 815 g/mol. The Morgan fingerprint density at radius 2 is 1.64 bits per heavy atom. The van der Waals surface area contributed by atoms with Gasteiger partial charge < -0.3 is 39.8 Å². The molecule has 7 rings (SSSR count). The number of nitrogens with one attached hydrogen (secondary N) is 3. The lowest BCUT2D eigenvalue weighted by Gasteiger charge is -2.43. The number of ether oxygens (including phenoxy) is 2. The highest BCUT2D eigenvalue weighted by Gasteiger charge is 2.39. The molecule has 1 saturated carbocycles. The van der Waals surface area contributed by atoms with Gasteiger partial charge in [0.1, 0.15) is 17.5 Å². The van der Waals surface area contributed by atoms with Crippen LogP contribution < -0.4 is 20.7 Å². The molecular weight excluding hydrogens is 733 g/mol. The minimum atomic E-state index is -0.494. The fourth-order valence-corrected chi connectivity index (χ4v) is 8.74. The van der Waals surface area contributed by atoms with Gasteiger partial charge in [0.15, 0.2) is 6.23 Å². The first-order valence-electron chi connectivity index (χ1n) is 22.7. The zero-order valence-corrected chi connectivity index (χ0v) is 38.8. The summed E-state index contributed by atoms with van der Waals surface area (Å²) in [5.74, 6) is 2.59. The largest absolute Gasteiger partial charge is 0.470 e. The number of amides is 1. The second-order valence-corrected chi connectivity index (χ2v) is 16.7. The maximum atomic E-state index is 12.7. The van der Waals surface area contributed by atoms with Crippen LogP contribution in [0.2, 0.25) is 0 Å². The molecule has 1 amide bonds. The van der Waals surface area contributed by atoms with Crippen LogP contribution in [0, 0.1) is 17.8 Å². The van der Waals surface area contributed by atoms with Crippen LogP contribution in [0.1, 0.15) is 160 Å². The van der Waals surface area contributed by atoms with Crippen LogP contribution >= 0.6 is 0 Å². The molecule has 4 heterocycles. The number of aromatic nitrogens is 1. The quantitative estimate of drug-likeness (QED) is 0.178. The van der Waals surface area contributed by atoms with Gasteiger partial charge in [-0.3, -0.25) is 0 Å². The molecule has 3 aromatic rings. The van der Waals surface area contributed by atoms with Crippen molar-refractivity contribution in [3.8, 4) is 17.0 Å². The Labute approximate surface area is 359 Å². The SMILES string of the molecule is C.CC.CC.CC.CCCCC(C(C)CC)C1NC(c2ccc3c(c2)cc2n3C(C)Oc3cc(C4=CNC(CC5CCC5N(C)C(=O)OC(C)(C)C)N4)ccc3-2)=CN1C. The summed E-state index contributed by atoms with van der Waals surface area (Å²) in [6.07, 6.45) is 12.4. The molecule has 1 fully saturated rings. The Hall–Kier alpha value is -4.27. The fourth-order valence-electron chi connectivity index (χ4n) is 8.74. The minimum absolute atomic E-state index is 0. The molecule has 1 aromatic heterocycles. The fraction of sp³-hybridized carbons (Fsp3) is 0.620. The number of unbranched alkanes of at least 4 members (excludes halogenated alkanes) is 1. The highest BCUT2D eigenvalue weighted by molar-refractivity contribution is 5.91. The highest BCUT2D eigenvalue weighted by atomic mass is 16.6. The molecule has 0 saturated heterocycles. The van der Waals surface area contributed by atoms with Crippen LogP contribution in [0.4, 0.5) is 4.79 Å². The number of hydrogen-bond donors (Lipinski definition) is 3. The summed E-state index contributed by atoms with van der Waals surface area (Å²) < 4.78 is 14.5. The summed E-state index contributed by atoms with van der Waals surface area (Å²) >= 11 is 0. The van der Waals surface area contributed by atoms with Crippen LogP contribution in [0.3, 0.4) is 0 Å². The number of benzene rings is 2. The van der Waals surface area contributed by atoms with Gasteiger partial charge in [0.25, 0.3) is 0 Å². The van der Waals surface area contributed by atoms with Gasteiger partial charge in [-0.2, -0.15) is 0 Å². The molecule has 3 N–H and O–H groups in total. The summed E-state index contributed by atoms with van der Waals surface area (Å²) in [6.45, 7) is 26.9. The van der Waals surface area contributed by atoms with Gasteiger partial charge in [0, 0.05) is 55.0 Å². The van der Waals surface area contributed by atoms with Gasteiger partial charge in [0.2, 0.25) is 0 Å². The summed E-state index contributed by atoms with van der Waals surface area (Å²) in [5.41, 5.74) is 7.55. The van der Waals surface area contributed by atoms with Crippen LogP contribution in [-0.4, -0.2) is 58.5 Å². The van der Waals surface area contributed by atoms with E-state index in [9.17, 15) is 4.79 Å². The predicted octanol–water partition coefficient (Wildman–Crippen LogP) is 12.8. The third-order valence-corrected chi connectivity index (χ3v) is 12.0. The summed E-state index contributed by atoms with van der Waals surface area (Å²) in [7, 11) is 4.09. The van der Waals surface area contributed by atoms with E-state index in [-0.39, 0.29) is 32.0 Å². The van der Waals surface area contributed by atoms with Crippen LogP contribution in [-0.2, 0) is 4.74 Å². The van der Waals surface area contributed by atoms with Crippen LogP contribution in [0.25, 0.3) is 33.6 Å². The van der Waals surface area contributed by atoms with E-state index in [4.69, 9.17) is 9.47 Å². The van der Waals surface area contributed by atoms with E-state index in [1.807, 2.05) is 69.4 Å². The second-order valence-electron chi connectivity index (χ2n) is 16.7. The average molecular weight is 815 g/mol. The van der Waals surface area contributed by atoms with Crippen molar-refractivity contribution in [3.63, 3.8) is 0 Å². The number of carbonyl (C=O) groups is 1. The van der Waals surface area contributed by atoms with E-state index in [1.165, 1.54) is 53.5 Å². The van der Waals surface area contributed by atoms with E-state index in [1.54, 1.807) is 4.90 Å². The Kier molecular flexibility index (Phi) is 18.2. The first-order valence-corrected chi connectivity index (χ1v) is 22.7. The Bertz CT molecular complexity index is 1860. The number of carbonyl (C=O) groups excluding carboxylic acids is 1. The summed E-state index contributed by atoms with van der Waals surface area (Å²) in [5, 5.41) is 12.4. The number of fused-ring (bicyclic) bond motifs is 5. The molecule has 9 heteroatoms. The predicted molar refractivity (Wildman–Crippen MR) is 252 cm³/mol. The molecule has 59 heavy (non-hydrogen) atoms. The molecule has 7 unspecified atom stereocenters. The Morgan fingerprint density at radius 1 is 0.966 bits per heavy atom. The molecule has 0 spiro atoms. The maximum absolute atomic E-state index is 12.7. The molecular formula is C50H82N6O3. The molecule has 4 aliphatic rings. The first kappa shape index (κ1) is 49.1. The van der Waals surface area contributed by atoms with E-state index in [0.717, 1.165) is 41.8 Å². The van der Waals surface area contributed by atoms with Crippen molar-refractivity contribution >= 4 is 28.4 Å². The maximum Gasteiger partial charge on any atom is 0.410 e. The number of hydrogen-bond acceptors (Lipinski definition) is 7.